The minimum atomic E-state index is -0.269. The number of hydrogen-bond acceptors (Lipinski definition) is 4. The molecular weight excluding hydrogens is 515 g/mol. The van der Waals surface area contributed by atoms with Crippen LogP contribution in [0.25, 0.3) is 0 Å². The first-order valence-corrected chi connectivity index (χ1v) is 10.7. The van der Waals surface area contributed by atoms with Gasteiger partial charge in [-0.3, -0.25) is 4.79 Å². The molecule has 1 N–H and O–H groups in total. The van der Waals surface area contributed by atoms with Crippen molar-refractivity contribution in [1.82, 2.24) is 5.43 Å². The van der Waals surface area contributed by atoms with E-state index in [2.05, 4.69) is 33.1 Å². The standard InChI is InChI=1S/C23H20ClIN2O3/c1-2-29-21-13-17(14-26-27-23(28)18-6-4-3-5-7-18)12-20(25)22(21)30-15-16-8-10-19(24)11-9-16/h3-14H,2,15H2,1H3,(H,27,28)/b26-14-. The number of hydrazone groups is 1. The molecule has 0 saturated heterocycles. The van der Waals surface area contributed by atoms with E-state index in [1.165, 1.54) is 0 Å². The Morgan fingerprint density at radius 1 is 1.10 bits per heavy atom. The van der Waals surface area contributed by atoms with Gasteiger partial charge in [0.2, 0.25) is 0 Å². The smallest absolute Gasteiger partial charge is 0.271 e. The summed E-state index contributed by atoms with van der Waals surface area (Å²) in [6, 6.07) is 20.2. The summed E-state index contributed by atoms with van der Waals surface area (Å²) in [6.45, 7) is 2.81. The zero-order valence-corrected chi connectivity index (χ0v) is 19.2. The molecule has 3 rings (SSSR count). The van der Waals surface area contributed by atoms with Gasteiger partial charge in [0, 0.05) is 10.6 Å². The second-order valence-electron chi connectivity index (χ2n) is 6.24. The van der Waals surface area contributed by atoms with E-state index >= 15 is 0 Å². The molecule has 3 aromatic carbocycles. The van der Waals surface area contributed by atoms with E-state index < -0.39 is 0 Å². The quantitative estimate of drug-likeness (QED) is 0.230. The van der Waals surface area contributed by atoms with Crippen LogP contribution in [0.1, 0.15) is 28.4 Å². The SMILES string of the molecule is CCOc1cc(/C=N\NC(=O)c2ccccc2)cc(I)c1OCc1ccc(Cl)cc1. The van der Waals surface area contributed by atoms with Gasteiger partial charge in [0.25, 0.3) is 5.91 Å². The number of ether oxygens (including phenoxy) is 2. The summed E-state index contributed by atoms with van der Waals surface area (Å²) >= 11 is 8.13. The van der Waals surface area contributed by atoms with Gasteiger partial charge in [0.15, 0.2) is 11.5 Å². The number of benzene rings is 3. The molecule has 0 aliphatic heterocycles. The fourth-order valence-corrected chi connectivity index (χ4v) is 3.53. The van der Waals surface area contributed by atoms with E-state index in [1.807, 2.05) is 49.4 Å². The van der Waals surface area contributed by atoms with Crippen LogP contribution in [0.4, 0.5) is 0 Å². The Balaban J connectivity index is 1.71. The number of carbonyl (C=O) groups is 1. The zero-order valence-electron chi connectivity index (χ0n) is 16.3. The Kier molecular flexibility index (Phi) is 8.10. The Morgan fingerprint density at radius 2 is 1.83 bits per heavy atom. The van der Waals surface area contributed by atoms with Crippen LogP contribution in [0, 0.1) is 3.57 Å². The minimum Gasteiger partial charge on any atom is -0.490 e. The predicted octanol–water partition coefficient (Wildman–Crippen LogP) is 5.69. The van der Waals surface area contributed by atoms with Crippen molar-refractivity contribution in [2.75, 3.05) is 6.61 Å². The molecule has 30 heavy (non-hydrogen) atoms. The van der Waals surface area contributed by atoms with Crippen LogP contribution in [0.2, 0.25) is 5.02 Å². The molecule has 0 saturated carbocycles. The summed E-state index contributed by atoms with van der Waals surface area (Å²) in [5.74, 6) is 1.02. The molecule has 0 fully saturated rings. The highest BCUT2D eigenvalue weighted by molar-refractivity contribution is 14.1. The molecule has 0 bridgehead atoms. The average molecular weight is 535 g/mol. The van der Waals surface area contributed by atoms with Crippen LogP contribution in [-0.2, 0) is 6.61 Å². The third kappa shape index (κ3) is 6.21. The maximum Gasteiger partial charge on any atom is 0.271 e. The van der Waals surface area contributed by atoms with Crippen molar-refractivity contribution in [3.63, 3.8) is 0 Å². The van der Waals surface area contributed by atoms with Crippen molar-refractivity contribution in [2.45, 2.75) is 13.5 Å². The number of nitrogens with zero attached hydrogens (tertiary/aromatic N) is 1. The van der Waals surface area contributed by atoms with Gasteiger partial charge in [-0.1, -0.05) is 41.9 Å². The molecule has 0 radical (unpaired) electrons. The molecular formula is C23H20ClIN2O3. The van der Waals surface area contributed by atoms with Crippen molar-refractivity contribution in [1.29, 1.82) is 0 Å². The second-order valence-corrected chi connectivity index (χ2v) is 7.84. The van der Waals surface area contributed by atoms with Crippen LogP contribution < -0.4 is 14.9 Å². The van der Waals surface area contributed by atoms with E-state index in [0.717, 1.165) is 14.7 Å². The van der Waals surface area contributed by atoms with E-state index in [-0.39, 0.29) is 5.91 Å². The number of hydrogen-bond donors (Lipinski definition) is 1. The first-order valence-electron chi connectivity index (χ1n) is 9.29. The maximum absolute atomic E-state index is 12.1. The lowest BCUT2D eigenvalue weighted by atomic mass is 10.2. The molecule has 0 aliphatic carbocycles. The molecule has 0 spiro atoms. The van der Waals surface area contributed by atoms with Crippen LogP contribution in [-0.4, -0.2) is 18.7 Å². The van der Waals surface area contributed by atoms with Gasteiger partial charge in [-0.05, 0) is 77.0 Å². The molecule has 154 valence electrons. The van der Waals surface area contributed by atoms with Crippen molar-refractivity contribution >= 4 is 46.3 Å². The van der Waals surface area contributed by atoms with Crippen LogP contribution >= 0.6 is 34.2 Å². The molecule has 1 amide bonds. The van der Waals surface area contributed by atoms with E-state index in [0.29, 0.717) is 35.3 Å². The summed E-state index contributed by atoms with van der Waals surface area (Å²) in [4.78, 5) is 12.1. The van der Waals surface area contributed by atoms with Crippen molar-refractivity contribution in [3.05, 3.63) is 92.0 Å². The molecule has 5 nitrogen and oxygen atoms in total. The monoisotopic (exact) mass is 534 g/mol. The van der Waals surface area contributed by atoms with Gasteiger partial charge in [-0.2, -0.15) is 5.10 Å². The van der Waals surface area contributed by atoms with Crippen LogP contribution in [0.5, 0.6) is 11.5 Å². The van der Waals surface area contributed by atoms with Crippen LogP contribution in [0.15, 0.2) is 71.8 Å². The van der Waals surface area contributed by atoms with Gasteiger partial charge >= 0.3 is 0 Å². The molecule has 0 atom stereocenters. The fourth-order valence-electron chi connectivity index (χ4n) is 2.62. The Bertz CT molecular complexity index is 1020. The number of rotatable bonds is 8. The predicted molar refractivity (Wildman–Crippen MR) is 128 cm³/mol. The molecule has 7 heteroatoms. The van der Waals surface area contributed by atoms with E-state index in [4.69, 9.17) is 21.1 Å². The minimum absolute atomic E-state index is 0.269. The highest BCUT2D eigenvalue weighted by atomic mass is 127. The lowest BCUT2D eigenvalue weighted by Crippen LogP contribution is -2.17. The summed E-state index contributed by atoms with van der Waals surface area (Å²) in [6.07, 6.45) is 1.58. The fraction of sp³-hybridized carbons (Fsp3) is 0.130. The normalized spacial score (nSPS) is 10.8. The number of halogens is 2. The molecule has 0 heterocycles. The summed E-state index contributed by atoms with van der Waals surface area (Å²) < 4.78 is 12.7. The molecule has 0 aliphatic rings. The number of carbonyl (C=O) groups excluding carboxylic acids is 1. The number of nitrogens with one attached hydrogen (secondary N) is 1. The highest BCUT2D eigenvalue weighted by Crippen LogP contribution is 2.34. The zero-order chi connectivity index (χ0) is 21.3. The van der Waals surface area contributed by atoms with E-state index in [9.17, 15) is 4.79 Å². The second kappa shape index (κ2) is 11.0. The Morgan fingerprint density at radius 3 is 2.53 bits per heavy atom. The van der Waals surface area contributed by atoms with E-state index in [1.54, 1.807) is 30.5 Å². The maximum atomic E-state index is 12.1. The number of amides is 1. The van der Waals surface area contributed by atoms with Crippen molar-refractivity contribution in [3.8, 4) is 11.5 Å². The highest BCUT2D eigenvalue weighted by Gasteiger charge is 2.12. The van der Waals surface area contributed by atoms with Crippen molar-refractivity contribution in [2.24, 2.45) is 5.10 Å². The third-order valence-electron chi connectivity index (χ3n) is 4.04. The summed E-state index contributed by atoms with van der Waals surface area (Å²) in [5, 5.41) is 4.74. The van der Waals surface area contributed by atoms with Gasteiger partial charge in [-0.15, -0.1) is 0 Å². The van der Waals surface area contributed by atoms with Gasteiger partial charge in [-0.25, -0.2) is 5.43 Å². The van der Waals surface area contributed by atoms with Gasteiger partial charge in [0.1, 0.15) is 6.61 Å². The van der Waals surface area contributed by atoms with Gasteiger partial charge in [0.05, 0.1) is 16.4 Å². The average Bonchev–Trinajstić information content (AvgIpc) is 2.75. The molecule has 0 unspecified atom stereocenters. The topological polar surface area (TPSA) is 59.9 Å². The first kappa shape index (κ1) is 22.1. The Hall–Kier alpha value is -2.58. The third-order valence-corrected chi connectivity index (χ3v) is 5.10. The summed E-state index contributed by atoms with van der Waals surface area (Å²) in [5.41, 5.74) is 4.87. The largest absolute Gasteiger partial charge is 0.490 e. The van der Waals surface area contributed by atoms with Crippen molar-refractivity contribution < 1.29 is 14.3 Å². The van der Waals surface area contributed by atoms with Crippen LogP contribution in [0.3, 0.4) is 0 Å². The lowest BCUT2D eigenvalue weighted by Gasteiger charge is -2.15. The van der Waals surface area contributed by atoms with Gasteiger partial charge < -0.3 is 9.47 Å². The molecule has 0 aromatic heterocycles. The first-order chi connectivity index (χ1) is 14.6. The lowest BCUT2D eigenvalue weighted by molar-refractivity contribution is 0.0955. The Labute approximate surface area is 194 Å². The summed E-state index contributed by atoms with van der Waals surface area (Å²) in [7, 11) is 0. The molecule has 3 aromatic rings.